The summed E-state index contributed by atoms with van der Waals surface area (Å²) in [6.45, 7) is 2.73. The average Bonchev–Trinajstić information content (AvgIpc) is 2.73. The zero-order chi connectivity index (χ0) is 13.3. The van der Waals surface area contributed by atoms with Crippen molar-refractivity contribution in [3.63, 3.8) is 0 Å². The summed E-state index contributed by atoms with van der Waals surface area (Å²) in [5.74, 6) is -1.86. The van der Waals surface area contributed by atoms with Gasteiger partial charge in [0.15, 0.2) is 0 Å². The van der Waals surface area contributed by atoms with Crippen LogP contribution in [0.1, 0.15) is 39.0 Å². The van der Waals surface area contributed by atoms with Gasteiger partial charge in [0.1, 0.15) is 0 Å². The zero-order valence-corrected chi connectivity index (χ0v) is 10.8. The normalized spacial score (nSPS) is 30.0. The third-order valence-corrected chi connectivity index (χ3v) is 4.15. The van der Waals surface area contributed by atoms with Crippen molar-refractivity contribution in [2.24, 2.45) is 11.8 Å². The summed E-state index contributed by atoms with van der Waals surface area (Å²) in [5.41, 5.74) is -0.734. The fourth-order valence-corrected chi connectivity index (χ4v) is 3.23. The van der Waals surface area contributed by atoms with Gasteiger partial charge in [0, 0.05) is 0 Å². The molecule has 18 heavy (non-hydrogen) atoms. The molecular weight excluding hydrogens is 234 g/mol. The van der Waals surface area contributed by atoms with Gasteiger partial charge in [0.2, 0.25) is 5.91 Å². The van der Waals surface area contributed by atoms with Crippen molar-refractivity contribution < 1.29 is 19.8 Å². The van der Waals surface area contributed by atoms with E-state index in [0.717, 1.165) is 12.8 Å². The van der Waals surface area contributed by atoms with Crippen LogP contribution in [0.25, 0.3) is 0 Å². The van der Waals surface area contributed by atoms with Crippen molar-refractivity contribution in [1.82, 2.24) is 4.90 Å². The minimum atomic E-state index is -0.866. The molecule has 1 saturated heterocycles. The van der Waals surface area contributed by atoms with Crippen LogP contribution in [0.3, 0.4) is 0 Å². The number of hydrogen-bond acceptors (Lipinski definition) is 3. The Labute approximate surface area is 107 Å². The van der Waals surface area contributed by atoms with Gasteiger partial charge in [0.05, 0.1) is 30.5 Å². The number of rotatable bonds is 4. The van der Waals surface area contributed by atoms with Crippen molar-refractivity contribution in [2.75, 3.05) is 13.1 Å². The van der Waals surface area contributed by atoms with Gasteiger partial charge in [-0.3, -0.25) is 9.59 Å². The Hall–Kier alpha value is -1.10. The third kappa shape index (κ3) is 2.36. The Morgan fingerprint density at radius 2 is 1.89 bits per heavy atom. The van der Waals surface area contributed by atoms with E-state index in [4.69, 9.17) is 5.11 Å². The van der Waals surface area contributed by atoms with Crippen LogP contribution in [0.2, 0.25) is 0 Å². The first-order valence-corrected chi connectivity index (χ1v) is 6.71. The van der Waals surface area contributed by atoms with Gasteiger partial charge in [0.25, 0.3) is 0 Å². The largest absolute Gasteiger partial charge is 0.481 e. The lowest BCUT2D eigenvalue weighted by Gasteiger charge is -2.47. The topological polar surface area (TPSA) is 77.8 Å². The van der Waals surface area contributed by atoms with Crippen LogP contribution < -0.4 is 0 Å². The van der Waals surface area contributed by atoms with Gasteiger partial charge in [-0.25, -0.2) is 0 Å². The summed E-state index contributed by atoms with van der Waals surface area (Å²) in [6.07, 6.45) is 3.65. The Morgan fingerprint density at radius 1 is 1.28 bits per heavy atom. The average molecular weight is 255 g/mol. The lowest BCUT2D eigenvalue weighted by atomic mass is 9.86. The molecule has 102 valence electrons. The van der Waals surface area contributed by atoms with Crippen LogP contribution in [0.5, 0.6) is 0 Å². The van der Waals surface area contributed by atoms with Gasteiger partial charge in [-0.1, -0.05) is 19.8 Å². The van der Waals surface area contributed by atoms with Gasteiger partial charge in [-0.15, -0.1) is 0 Å². The quantitative estimate of drug-likeness (QED) is 0.781. The van der Waals surface area contributed by atoms with Crippen LogP contribution in [-0.4, -0.2) is 45.7 Å². The Balaban J connectivity index is 1.92. The van der Waals surface area contributed by atoms with Crippen molar-refractivity contribution in [1.29, 1.82) is 0 Å². The number of carboxylic acid groups (broad SMARTS) is 1. The van der Waals surface area contributed by atoms with Crippen molar-refractivity contribution in [3.05, 3.63) is 0 Å². The predicted octanol–water partition coefficient (Wildman–Crippen LogP) is 0.861. The monoisotopic (exact) mass is 255 g/mol. The smallest absolute Gasteiger partial charge is 0.307 e. The number of carbonyl (C=O) groups is 2. The molecule has 2 fully saturated rings. The molecular formula is C13H21NO4. The summed E-state index contributed by atoms with van der Waals surface area (Å²) in [7, 11) is 0. The van der Waals surface area contributed by atoms with Gasteiger partial charge in [-0.2, -0.15) is 0 Å². The van der Waals surface area contributed by atoms with E-state index in [1.54, 1.807) is 4.90 Å². The van der Waals surface area contributed by atoms with E-state index < -0.39 is 17.5 Å². The molecule has 2 N–H and O–H groups in total. The fourth-order valence-electron chi connectivity index (χ4n) is 3.23. The highest BCUT2D eigenvalue weighted by Crippen LogP contribution is 2.36. The molecule has 0 aromatic heterocycles. The third-order valence-electron chi connectivity index (χ3n) is 4.15. The lowest BCUT2D eigenvalue weighted by molar-refractivity contribution is -0.164. The maximum absolute atomic E-state index is 12.2. The summed E-state index contributed by atoms with van der Waals surface area (Å²) in [6, 6.07) is 0. The van der Waals surface area contributed by atoms with Crippen LogP contribution in [0.4, 0.5) is 0 Å². The second-order valence-corrected chi connectivity index (χ2v) is 5.65. The Bertz CT molecular complexity index is 349. The highest BCUT2D eigenvalue weighted by atomic mass is 16.4. The van der Waals surface area contributed by atoms with Crippen molar-refractivity contribution in [3.8, 4) is 0 Å². The number of aliphatic hydroxyl groups is 1. The number of hydrogen-bond donors (Lipinski definition) is 2. The Morgan fingerprint density at radius 3 is 2.44 bits per heavy atom. The molecule has 5 nitrogen and oxygen atoms in total. The predicted molar refractivity (Wildman–Crippen MR) is 64.9 cm³/mol. The molecule has 2 atom stereocenters. The second kappa shape index (κ2) is 4.88. The Kier molecular flexibility index (Phi) is 3.61. The first kappa shape index (κ1) is 13.3. The van der Waals surface area contributed by atoms with E-state index in [1.807, 2.05) is 6.92 Å². The van der Waals surface area contributed by atoms with E-state index in [1.165, 1.54) is 0 Å². The van der Waals surface area contributed by atoms with E-state index in [2.05, 4.69) is 0 Å². The van der Waals surface area contributed by atoms with Crippen molar-refractivity contribution >= 4 is 11.9 Å². The summed E-state index contributed by atoms with van der Waals surface area (Å²) < 4.78 is 0. The number of β-amino-alcohol motifs (C(OH)–C–C–N with tert-alkyl or cyclic N) is 1. The van der Waals surface area contributed by atoms with E-state index in [9.17, 15) is 14.7 Å². The molecule has 1 aliphatic heterocycles. The maximum atomic E-state index is 12.2. The first-order chi connectivity index (χ1) is 8.47. The molecule has 1 amide bonds. The SMILES string of the molecule is CCCC1(O)CN(C(=O)C2CCCC2C(=O)O)C1. The van der Waals surface area contributed by atoms with Gasteiger partial charge >= 0.3 is 5.97 Å². The highest BCUT2D eigenvalue weighted by molar-refractivity contribution is 5.86. The molecule has 0 radical (unpaired) electrons. The first-order valence-electron chi connectivity index (χ1n) is 6.71. The number of carboxylic acids is 1. The second-order valence-electron chi connectivity index (χ2n) is 5.65. The summed E-state index contributed by atoms with van der Waals surface area (Å²) in [4.78, 5) is 24.9. The van der Waals surface area contributed by atoms with Gasteiger partial charge in [-0.05, 0) is 19.3 Å². The highest BCUT2D eigenvalue weighted by Gasteiger charge is 2.47. The number of nitrogens with zero attached hydrogens (tertiary/aromatic N) is 1. The number of likely N-dealkylation sites (tertiary alicyclic amines) is 1. The zero-order valence-electron chi connectivity index (χ0n) is 10.8. The number of carbonyl (C=O) groups excluding carboxylic acids is 1. The molecule has 2 rings (SSSR count). The summed E-state index contributed by atoms with van der Waals surface area (Å²) >= 11 is 0. The van der Waals surface area contributed by atoms with Crippen molar-refractivity contribution in [2.45, 2.75) is 44.6 Å². The van der Waals surface area contributed by atoms with Crippen LogP contribution in [-0.2, 0) is 9.59 Å². The molecule has 1 saturated carbocycles. The fraction of sp³-hybridized carbons (Fsp3) is 0.846. The number of amides is 1. The molecule has 5 heteroatoms. The van der Waals surface area contributed by atoms with E-state index >= 15 is 0 Å². The molecule has 0 aromatic rings. The van der Waals surface area contributed by atoms with E-state index in [0.29, 0.717) is 32.4 Å². The molecule has 1 heterocycles. The maximum Gasteiger partial charge on any atom is 0.307 e. The lowest BCUT2D eigenvalue weighted by Crippen LogP contribution is -2.64. The standard InChI is InChI=1S/C13H21NO4/c1-2-6-13(18)7-14(8-13)11(15)9-4-3-5-10(9)12(16)17/h9-10,18H,2-8H2,1H3,(H,16,17). The molecule has 1 aliphatic carbocycles. The van der Waals surface area contributed by atoms with E-state index in [-0.39, 0.29) is 11.8 Å². The van der Waals surface area contributed by atoms with Crippen LogP contribution in [0.15, 0.2) is 0 Å². The molecule has 0 aromatic carbocycles. The van der Waals surface area contributed by atoms with Crippen LogP contribution in [0, 0.1) is 11.8 Å². The minimum Gasteiger partial charge on any atom is -0.481 e. The van der Waals surface area contributed by atoms with Crippen LogP contribution >= 0.6 is 0 Å². The number of aliphatic carboxylic acids is 1. The molecule has 2 aliphatic rings. The molecule has 0 spiro atoms. The minimum absolute atomic E-state index is 0.0827. The molecule has 0 bridgehead atoms. The molecule has 2 unspecified atom stereocenters. The van der Waals surface area contributed by atoms with Gasteiger partial charge < -0.3 is 15.1 Å². The summed E-state index contributed by atoms with van der Waals surface area (Å²) in [5, 5.41) is 19.1.